The van der Waals surface area contributed by atoms with Gasteiger partial charge in [0.15, 0.2) is 5.78 Å². The van der Waals surface area contributed by atoms with Gasteiger partial charge in [0.2, 0.25) is 0 Å². The zero-order chi connectivity index (χ0) is 14.8. The number of rotatable bonds is 0. The first-order valence-electron chi connectivity index (χ1n) is 8.77. The zero-order valence-electron chi connectivity index (χ0n) is 13.2. The number of carbonyl (C=O) groups excluding carboxylic acids is 2. The fourth-order valence-corrected chi connectivity index (χ4v) is 6.53. The van der Waals surface area contributed by atoms with Gasteiger partial charge in [-0.3, -0.25) is 9.59 Å². The fourth-order valence-electron chi connectivity index (χ4n) is 6.53. The summed E-state index contributed by atoms with van der Waals surface area (Å²) in [5.74, 6) is 4.19. The monoisotopic (exact) mass is 286 g/mol. The van der Waals surface area contributed by atoms with Gasteiger partial charge in [-0.1, -0.05) is 19.4 Å². The number of carbonyl (C=O) groups is 2. The van der Waals surface area contributed by atoms with Gasteiger partial charge < -0.3 is 0 Å². The smallest absolute Gasteiger partial charge is 0.155 e. The molecule has 0 radical (unpaired) electrons. The van der Waals surface area contributed by atoms with Gasteiger partial charge in [-0.15, -0.1) is 0 Å². The summed E-state index contributed by atoms with van der Waals surface area (Å²) < 4.78 is 0. The predicted molar refractivity (Wildman–Crippen MR) is 81.6 cm³/mol. The highest BCUT2D eigenvalue weighted by atomic mass is 16.1. The van der Waals surface area contributed by atoms with E-state index in [4.69, 9.17) is 0 Å². The Morgan fingerprint density at radius 3 is 2.71 bits per heavy atom. The first-order chi connectivity index (χ1) is 10.0. The molecule has 3 saturated carbocycles. The van der Waals surface area contributed by atoms with Gasteiger partial charge in [-0.25, -0.2) is 0 Å². The third-order valence-corrected chi connectivity index (χ3v) is 7.31. The Morgan fingerprint density at radius 1 is 1.10 bits per heavy atom. The summed E-state index contributed by atoms with van der Waals surface area (Å²) in [6.07, 6.45) is 9.08. The molecule has 21 heavy (non-hydrogen) atoms. The molecule has 4 aliphatic carbocycles. The average molecular weight is 286 g/mol. The molecule has 0 amide bonds. The number of Topliss-reactive ketones (excluding diaryl/α,β-unsaturated/α-hetero) is 1. The van der Waals surface area contributed by atoms with Gasteiger partial charge in [-0.05, 0) is 67.8 Å². The maximum absolute atomic E-state index is 12.4. The van der Waals surface area contributed by atoms with E-state index >= 15 is 0 Å². The Balaban J connectivity index is 1.70. The molecule has 2 nitrogen and oxygen atoms in total. The lowest BCUT2D eigenvalue weighted by atomic mass is 9.49. The topological polar surface area (TPSA) is 34.1 Å². The Labute approximate surface area is 127 Å². The van der Waals surface area contributed by atoms with Gasteiger partial charge >= 0.3 is 0 Å². The van der Waals surface area contributed by atoms with Crippen LogP contribution < -0.4 is 0 Å². The van der Waals surface area contributed by atoms with Gasteiger partial charge in [-0.2, -0.15) is 0 Å². The molecule has 0 aromatic carbocycles. The highest BCUT2D eigenvalue weighted by Crippen LogP contribution is 2.62. The molecule has 0 spiro atoms. The molecule has 6 atom stereocenters. The second-order valence-electron chi connectivity index (χ2n) is 8.28. The number of fused-ring (bicyclic) bond motifs is 5. The summed E-state index contributed by atoms with van der Waals surface area (Å²) in [7, 11) is 0. The van der Waals surface area contributed by atoms with Crippen molar-refractivity contribution in [3.8, 4) is 0 Å². The maximum atomic E-state index is 12.4. The van der Waals surface area contributed by atoms with Crippen molar-refractivity contribution < 1.29 is 9.59 Å². The van der Waals surface area contributed by atoms with Crippen molar-refractivity contribution in [2.75, 3.05) is 0 Å². The molecular formula is C19H26O2. The molecule has 0 aliphatic heterocycles. The van der Waals surface area contributed by atoms with Crippen molar-refractivity contribution in [3.63, 3.8) is 0 Å². The number of hydrogen-bond acceptors (Lipinski definition) is 2. The van der Waals surface area contributed by atoms with Crippen LogP contribution in [0.15, 0.2) is 11.6 Å². The van der Waals surface area contributed by atoms with Crippen molar-refractivity contribution in [2.45, 2.75) is 58.8 Å². The minimum atomic E-state index is -0.0354. The molecule has 0 aromatic heterocycles. The van der Waals surface area contributed by atoms with E-state index in [0.717, 1.165) is 50.4 Å². The summed E-state index contributed by atoms with van der Waals surface area (Å²) in [6.45, 7) is 4.61. The quantitative estimate of drug-likeness (QED) is 0.676. The average Bonchev–Trinajstić information content (AvgIpc) is 2.74. The van der Waals surface area contributed by atoms with Crippen molar-refractivity contribution in [2.24, 2.45) is 35.0 Å². The van der Waals surface area contributed by atoms with Crippen LogP contribution in [0.3, 0.4) is 0 Å². The van der Waals surface area contributed by atoms with Crippen LogP contribution in [0.5, 0.6) is 0 Å². The normalized spacial score (nSPS) is 49.2. The Hall–Kier alpha value is -0.920. The van der Waals surface area contributed by atoms with E-state index in [2.05, 4.69) is 13.8 Å². The number of ketones is 2. The molecular weight excluding hydrogens is 260 g/mol. The predicted octanol–water partition coefficient (Wildman–Crippen LogP) is 3.94. The summed E-state index contributed by atoms with van der Waals surface area (Å²) in [5, 5.41) is 0. The lowest BCUT2D eigenvalue weighted by molar-refractivity contribution is -0.133. The van der Waals surface area contributed by atoms with Crippen molar-refractivity contribution in [3.05, 3.63) is 11.6 Å². The van der Waals surface area contributed by atoms with Crippen LogP contribution in [0.1, 0.15) is 58.8 Å². The van der Waals surface area contributed by atoms with Crippen LogP contribution in [-0.4, -0.2) is 11.6 Å². The van der Waals surface area contributed by atoms with E-state index in [9.17, 15) is 9.59 Å². The van der Waals surface area contributed by atoms with Gasteiger partial charge in [0.25, 0.3) is 0 Å². The van der Waals surface area contributed by atoms with Crippen LogP contribution >= 0.6 is 0 Å². The standard InChI is InChI=1S/C19H26O2/c1-11-10-19(2)16(7-8-17(19)21)15-5-3-12-9-13(20)4-6-14(12)18(11)15/h9,11,14-16,18H,3-8,10H2,1-2H3/t11?,14?,15?,16?,18?,19-/m0/s1. The summed E-state index contributed by atoms with van der Waals surface area (Å²) in [6, 6.07) is 0. The van der Waals surface area contributed by atoms with Gasteiger partial charge in [0.05, 0.1) is 0 Å². The van der Waals surface area contributed by atoms with Crippen LogP contribution in [0.2, 0.25) is 0 Å². The SMILES string of the molecule is CC1C[C@]2(C)C(=O)CCC2C2CCC3=CC(=O)CCC3C12. The minimum Gasteiger partial charge on any atom is -0.299 e. The lowest BCUT2D eigenvalue weighted by Gasteiger charge is -2.55. The molecule has 4 aliphatic rings. The molecule has 114 valence electrons. The second-order valence-corrected chi connectivity index (χ2v) is 8.28. The van der Waals surface area contributed by atoms with Gasteiger partial charge in [0, 0.05) is 18.3 Å². The van der Waals surface area contributed by atoms with Gasteiger partial charge in [0.1, 0.15) is 5.78 Å². The third-order valence-electron chi connectivity index (χ3n) is 7.31. The molecule has 0 heterocycles. The number of hydrogen-bond donors (Lipinski definition) is 0. The zero-order valence-corrected chi connectivity index (χ0v) is 13.2. The Kier molecular flexibility index (Phi) is 2.96. The second kappa shape index (κ2) is 4.54. The lowest BCUT2D eigenvalue weighted by Crippen LogP contribution is -2.50. The Morgan fingerprint density at radius 2 is 1.90 bits per heavy atom. The number of allylic oxidation sites excluding steroid dienone is 1. The Bertz CT molecular complexity index is 532. The largest absolute Gasteiger partial charge is 0.299 e. The van der Waals surface area contributed by atoms with E-state index in [1.807, 2.05) is 6.08 Å². The third kappa shape index (κ3) is 1.83. The van der Waals surface area contributed by atoms with Crippen LogP contribution in [0.25, 0.3) is 0 Å². The first-order valence-corrected chi connectivity index (χ1v) is 8.77. The molecule has 0 bridgehead atoms. The van der Waals surface area contributed by atoms with Crippen molar-refractivity contribution >= 4 is 11.6 Å². The van der Waals surface area contributed by atoms with Crippen LogP contribution in [0.4, 0.5) is 0 Å². The molecule has 3 fully saturated rings. The molecule has 0 saturated heterocycles. The highest BCUT2D eigenvalue weighted by molar-refractivity contribution is 5.91. The molecule has 5 unspecified atom stereocenters. The van der Waals surface area contributed by atoms with E-state index in [1.165, 1.54) is 12.0 Å². The van der Waals surface area contributed by atoms with E-state index in [-0.39, 0.29) is 5.41 Å². The van der Waals surface area contributed by atoms with Crippen molar-refractivity contribution in [1.29, 1.82) is 0 Å². The fraction of sp³-hybridized carbons (Fsp3) is 0.789. The summed E-state index contributed by atoms with van der Waals surface area (Å²) in [4.78, 5) is 24.1. The first kappa shape index (κ1) is 13.7. The molecule has 4 rings (SSSR count). The minimum absolute atomic E-state index is 0.0354. The van der Waals surface area contributed by atoms with Crippen LogP contribution in [0, 0.1) is 35.0 Å². The van der Waals surface area contributed by atoms with E-state index in [1.54, 1.807) is 0 Å². The van der Waals surface area contributed by atoms with Crippen LogP contribution in [-0.2, 0) is 9.59 Å². The summed E-state index contributed by atoms with van der Waals surface area (Å²) >= 11 is 0. The molecule has 2 heteroatoms. The maximum Gasteiger partial charge on any atom is 0.155 e. The summed E-state index contributed by atoms with van der Waals surface area (Å²) in [5.41, 5.74) is 1.40. The van der Waals surface area contributed by atoms with E-state index in [0.29, 0.717) is 29.3 Å². The highest BCUT2D eigenvalue weighted by Gasteiger charge is 2.58. The molecule has 0 N–H and O–H groups in total. The molecule has 0 aromatic rings. The van der Waals surface area contributed by atoms with E-state index < -0.39 is 0 Å². The van der Waals surface area contributed by atoms with Crippen molar-refractivity contribution in [1.82, 2.24) is 0 Å².